The number of rotatable bonds is 7. The van der Waals surface area contributed by atoms with E-state index in [0.29, 0.717) is 6.54 Å². The van der Waals surface area contributed by atoms with Crippen molar-refractivity contribution >= 4 is 47.1 Å². The molecule has 0 aromatic carbocycles. The first-order chi connectivity index (χ1) is 13.7. The molecule has 160 valence electrons. The number of likely N-dealkylation sites (N-methyl/N-ethyl adjacent to an activating group) is 1. The zero-order chi connectivity index (χ0) is 19.8. The molecule has 3 heterocycles. The van der Waals surface area contributed by atoms with Crippen molar-refractivity contribution < 1.29 is 0 Å². The highest BCUT2D eigenvalue weighted by Crippen LogP contribution is 2.16. The Kier molecular flexibility index (Phi) is 10.2. The first-order valence-corrected chi connectivity index (χ1v) is 11.0. The molecule has 0 saturated carbocycles. The number of hydrogen-bond donors (Lipinski definition) is 2. The minimum atomic E-state index is 0. The number of nitrogens with zero attached hydrogens (tertiary/aromatic N) is 4. The maximum absolute atomic E-state index is 4.67. The fraction of sp³-hybridized carbons (Fsp3) is 0.524. The summed E-state index contributed by atoms with van der Waals surface area (Å²) in [6, 6.07) is 8.67. The van der Waals surface area contributed by atoms with Crippen molar-refractivity contribution in [3.63, 3.8) is 0 Å². The molecule has 1 aliphatic rings. The molecule has 2 N–H and O–H groups in total. The lowest BCUT2D eigenvalue weighted by Crippen LogP contribution is -2.46. The fourth-order valence-corrected chi connectivity index (χ4v) is 4.18. The number of aliphatic imine (C=N–C) groups is 1. The molecule has 6 nitrogen and oxygen atoms in total. The Morgan fingerprint density at radius 3 is 2.34 bits per heavy atom. The molecule has 0 amide bonds. The van der Waals surface area contributed by atoms with Crippen LogP contribution in [0, 0.1) is 0 Å². The monoisotopic (exact) mass is 528 g/mol. The van der Waals surface area contributed by atoms with Gasteiger partial charge >= 0.3 is 0 Å². The Bertz CT molecular complexity index is 753. The lowest BCUT2D eigenvalue weighted by atomic mass is 10.2. The molecule has 0 spiro atoms. The summed E-state index contributed by atoms with van der Waals surface area (Å²) in [5, 5.41) is 6.75. The summed E-state index contributed by atoms with van der Waals surface area (Å²) in [5.41, 5.74) is 1.16. The van der Waals surface area contributed by atoms with Gasteiger partial charge in [-0.15, -0.1) is 35.3 Å². The molecule has 1 saturated heterocycles. The third kappa shape index (κ3) is 7.11. The van der Waals surface area contributed by atoms with Crippen LogP contribution in [0.4, 0.5) is 5.82 Å². The van der Waals surface area contributed by atoms with Crippen molar-refractivity contribution in [2.75, 3.05) is 44.7 Å². The topological polar surface area (TPSA) is 55.8 Å². The molecule has 0 bridgehead atoms. The number of halogens is 1. The SMILES string of the molecule is CCc1ccc(CNC(=NC)NCc2ccc(N3CCN(CC)CC3)nc2)s1.I. The Labute approximate surface area is 195 Å². The van der Waals surface area contributed by atoms with Gasteiger partial charge in [0.25, 0.3) is 0 Å². The van der Waals surface area contributed by atoms with Crippen LogP contribution in [0.2, 0.25) is 0 Å². The van der Waals surface area contributed by atoms with E-state index in [1.807, 2.05) is 17.5 Å². The number of hydrogen-bond acceptors (Lipinski definition) is 5. The molecule has 0 aliphatic carbocycles. The van der Waals surface area contributed by atoms with Gasteiger partial charge in [0.15, 0.2) is 5.96 Å². The molecule has 2 aromatic heterocycles. The van der Waals surface area contributed by atoms with Crippen molar-refractivity contribution in [3.8, 4) is 0 Å². The molecular formula is C21H33IN6S. The number of aromatic nitrogens is 1. The minimum absolute atomic E-state index is 0. The predicted octanol–water partition coefficient (Wildman–Crippen LogP) is 3.33. The Morgan fingerprint density at radius 1 is 1.03 bits per heavy atom. The highest BCUT2D eigenvalue weighted by atomic mass is 127. The van der Waals surface area contributed by atoms with Gasteiger partial charge in [0.05, 0.1) is 6.54 Å². The van der Waals surface area contributed by atoms with Gasteiger partial charge in [-0.3, -0.25) is 4.99 Å². The maximum atomic E-state index is 4.67. The molecular weight excluding hydrogens is 495 g/mol. The van der Waals surface area contributed by atoms with Crippen molar-refractivity contribution in [3.05, 3.63) is 45.8 Å². The minimum Gasteiger partial charge on any atom is -0.354 e. The van der Waals surface area contributed by atoms with E-state index in [0.717, 1.165) is 63.0 Å². The molecule has 3 rings (SSSR count). The highest BCUT2D eigenvalue weighted by molar-refractivity contribution is 14.0. The van der Waals surface area contributed by atoms with E-state index in [-0.39, 0.29) is 24.0 Å². The quantitative estimate of drug-likeness (QED) is 0.328. The van der Waals surface area contributed by atoms with Gasteiger partial charge in [0.2, 0.25) is 0 Å². The lowest BCUT2D eigenvalue weighted by Gasteiger charge is -2.34. The summed E-state index contributed by atoms with van der Waals surface area (Å²) in [6.45, 7) is 11.4. The summed E-state index contributed by atoms with van der Waals surface area (Å²) in [6.07, 6.45) is 3.06. The van der Waals surface area contributed by atoms with Crippen LogP contribution < -0.4 is 15.5 Å². The normalized spacial score (nSPS) is 15.1. The van der Waals surface area contributed by atoms with E-state index in [1.165, 1.54) is 9.75 Å². The molecule has 0 unspecified atom stereocenters. The largest absolute Gasteiger partial charge is 0.354 e. The standard InChI is InChI=1S/C21H32N6S.HI/c1-4-18-7-8-19(28-18)16-25-21(22-3)24-15-17-6-9-20(23-14-17)27-12-10-26(5-2)11-13-27;/h6-9,14H,4-5,10-13,15-16H2,1-3H3,(H2,22,24,25);1H. The van der Waals surface area contributed by atoms with Crippen molar-refractivity contribution in [2.45, 2.75) is 33.4 Å². The number of guanidine groups is 1. The highest BCUT2D eigenvalue weighted by Gasteiger charge is 2.16. The third-order valence-electron chi connectivity index (χ3n) is 5.13. The van der Waals surface area contributed by atoms with Gasteiger partial charge in [-0.2, -0.15) is 0 Å². The zero-order valence-electron chi connectivity index (χ0n) is 17.6. The van der Waals surface area contributed by atoms with E-state index in [2.05, 4.69) is 68.5 Å². The third-order valence-corrected chi connectivity index (χ3v) is 6.36. The van der Waals surface area contributed by atoms with Crippen LogP contribution in [0.15, 0.2) is 35.5 Å². The van der Waals surface area contributed by atoms with Crippen LogP contribution in [0.1, 0.15) is 29.2 Å². The van der Waals surface area contributed by atoms with Crippen LogP contribution in [-0.2, 0) is 19.5 Å². The maximum Gasteiger partial charge on any atom is 0.191 e. The van der Waals surface area contributed by atoms with Gasteiger partial charge in [0, 0.05) is 55.7 Å². The number of anilines is 1. The lowest BCUT2D eigenvalue weighted by molar-refractivity contribution is 0.270. The van der Waals surface area contributed by atoms with Crippen LogP contribution in [-0.4, -0.2) is 55.6 Å². The Hall–Kier alpha value is -1.39. The van der Waals surface area contributed by atoms with Crippen molar-refractivity contribution in [1.82, 2.24) is 20.5 Å². The van der Waals surface area contributed by atoms with Gasteiger partial charge in [0.1, 0.15) is 5.82 Å². The average Bonchev–Trinajstić information content (AvgIpc) is 3.22. The summed E-state index contributed by atoms with van der Waals surface area (Å²) in [4.78, 5) is 16.6. The first kappa shape index (κ1) is 23.9. The first-order valence-electron chi connectivity index (χ1n) is 10.2. The second-order valence-electron chi connectivity index (χ2n) is 6.95. The molecule has 29 heavy (non-hydrogen) atoms. The Balaban J connectivity index is 0.00000300. The number of piperazine rings is 1. The molecule has 8 heteroatoms. The molecule has 2 aromatic rings. The number of nitrogens with one attached hydrogen (secondary N) is 2. The summed E-state index contributed by atoms with van der Waals surface area (Å²) in [5.74, 6) is 1.89. The molecule has 0 atom stereocenters. The second kappa shape index (κ2) is 12.3. The Morgan fingerprint density at radius 2 is 1.76 bits per heavy atom. The van der Waals surface area contributed by atoms with Crippen LogP contribution >= 0.6 is 35.3 Å². The van der Waals surface area contributed by atoms with E-state index >= 15 is 0 Å². The van der Waals surface area contributed by atoms with E-state index in [4.69, 9.17) is 0 Å². The smallest absolute Gasteiger partial charge is 0.191 e. The van der Waals surface area contributed by atoms with Crippen molar-refractivity contribution in [1.29, 1.82) is 0 Å². The average molecular weight is 529 g/mol. The number of thiophene rings is 1. The summed E-state index contributed by atoms with van der Waals surface area (Å²) in [7, 11) is 1.80. The van der Waals surface area contributed by atoms with Crippen LogP contribution in [0.5, 0.6) is 0 Å². The summed E-state index contributed by atoms with van der Waals surface area (Å²) >= 11 is 1.85. The molecule has 1 fully saturated rings. The fourth-order valence-electron chi connectivity index (χ4n) is 3.29. The van der Waals surface area contributed by atoms with Crippen LogP contribution in [0.25, 0.3) is 0 Å². The molecule has 1 aliphatic heterocycles. The van der Waals surface area contributed by atoms with Gasteiger partial charge in [-0.05, 0) is 36.7 Å². The van der Waals surface area contributed by atoms with Gasteiger partial charge < -0.3 is 20.4 Å². The van der Waals surface area contributed by atoms with E-state index in [1.54, 1.807) is 7.05 Å². The van der Waals surface area contributed by atoms with E-state index in [9.17, 15) is 0 Å². The van der Waals surface area contributed by atoms with Crippen LogP contribution in [0.3, 0.4) is 0 Å². The molecule has 0 radical (unpaired) electrons. The van der Waals surface area contributed by atoms with Crippen molar-refractivity contribution in [2.24, 2.45) is 4.99 Å². The summed E-state index contributed by atoms with van der Waals surface area (Å²) < 4.78 is 0. The van der Waals surface area contributed by atoms with Gasteiger partial charge in [-0.1, -0.05) is 19.9 Å². The second-order valence-corrected chi connectivity index (χ2v) is 8.20. The number of pyridine rings is 1. The predicted molar refractivity (Wildman–Crippen MR) is 135 cm³/mol. The zero-order valence-corrected chi connectivity index (χ0v) is 20.8. The van der Waals surface area contributed by atoms with Gasteiger partial charge in [-0.25, -0.2) is 4.98 Å². The van der Waals surface area contributed by atoms with E-state index < -0.39 is 0 Å². The number of aryl methyl sites for hydroxylation is 1.